The van der Waals surface area contributed by atoms with Crippen molar-refractivity contribution in [2.75, 3.05) is 6.61 Å². The maximum atomic E-state index is 8.91. The highest BCUT2D eigenvalue weighted by atomic mass is 16.3. The van der Waals surface area contributed by atoms with E-state index in [0.29, 0.717) is 12.0 Å². The first-order valence-electron chi connectivity index (χ1n) is 3.79. The van der Waals surface area contributed by atoms with E-state index < -0.39 is 0 Å². The van der Waals surface area contributed by atoms with Crippen LogP contribution in [0.15, 0.2) is 0 Å². The van der Waals surface area contributed by atoms with Crippen molar-refractivity contribution in [3.05, 3.63) is 0 Å². The van der Waals surface area contributed by atoms with Gasteiger partial charge in [0.05, 0.1) is 0 Å². The lowest BCUT2D eigenvalue weighted by molar-refractivity contribution is 0.190. The van der Waals surface area contributed by atoms with E-state index in [2.05, 4.69) is 13.8 Å². The Hall–Kier alpha value is -0.0400. The molecule has 0 amide bonds. The fourth-order valence-electron chi connectivity index (χ4n) is 1.47. The van der Waals surface area contributed by atoms with E-state index in [-0.39, 0.29) is 0 Å². The first-order chi connectivity index (χ1) is 4.18. The fourth-order valence-corrected chi connectivity index (χ4v) is 1.47. The minimum Gasteiger partial charge on any atom is -0.396 e. The van der Waals surface area contributed by atoms with E-state index in [9.17, 15) is 0 Å². The average molecular weight is 128 g/mol. The van der Waals surface area contributed by atoms with Gasteiger partial charge in [-0.3, -0.25) is 0 Å². The molecule has 1 N–H and O–H groups in total. The van der Waals surface area contributed by atoms with Crippen molar-refractivity contribution in [2.45, 2.75) is 33.1 Å². The van der Waals surface area contributed by atoms with E-state index in [1.807, 2.05) is 0 Å². The van der Waals surface area contributed by atoms with Gasteiger partial charge in [0.25, 0.3) is 0 Å². The van der Waals surface area contributed by atoms with Crippen molar-refractivity contribution in [3.8, 4) is 0 Å². The monoisotopic (exact) mass is 128 g/mol. The van der Waals surface area contributed by atoms with Gasteiger partial charge in [-0.15, -0.1) is 0 Å². The standard InChI is InChI=1S/C8H16O/c1-7(2)5-8(6-9)3-4-8/h7,9H,3-6H2,1-2H3. The van der Waals surface area contributed by atoms with Crippen LogP contribution in [0.25, 0.3) is 0 Å². The molecule has 0 aromatic rings. The molecule has 1 saturated carbocycles. The van der Waals surface area contributed by atoms with Crippen LogP contribution in [0, 0.1) is 11.3 Å². The SMILES string of the molecule is CC(C)CC1(CO)CC1. The molecule has 0 aromatic heterocycles. The van der Waals surface area contributed by atoms with Crippen LogP contribution in [0.5, 0.6) is 0 Å². The first kappa shape index (κ1) is 7.07. The Morgan fingerprint density at radius 2 is 2.00 bits per heavy atom. The normalized spacial score (nSPS) is 22.7. The molecular weight excluding hydrogens is 112 g/mol. The van der Waals surface area contributed by atoms with Gasteiger partial charge < -0.3 is 5.11 Å². The van der Waals surface area contributed by atoms with Crippen LogP contribution in [0.2, 0.25) is 0 Å². The Kier molecular flexibility index (Phi) is 1.80. The van der Waals surface area contributed by atoms with Crippen molar-refractivity contribution >= 4 is 0 Å². The summed E-state index contributed by atoms with van der Waals surface area (Å²) in [5.41, 5.74) is 0.369. The van der Waals surface area contributed by atoms with Crippen molar-refractivity contribution in [2.24, 2.45) is 11.3 Å². The number of hydrogen-bond donors (Lipinski definition) is 1. The summed E-state index contributed by atoms with van der Waals surface area (Å²) in [6.45, 7) is 4.84. The van der Waals surface area contributed by atoms with E-state index in [4.69, 9.17) is 5.11 Å². The Morgan fingerprint density at radius 1 is 1.44 bits per heavy atom. The van der Waals surface area contributed by atoms with Gasteiger partial charge >= 0.3 is 0 Å². The molecule has 1 aliphatic rings. The molecular formula is C8H16O. The van der Waals surface area contributed by atoms with Gasteiger partial charge in [0.1, 0.15) is 0 Å². The Bertz CT molecular complexity index is 92.7. The largest absolute Gasteiger partial charge is 0.396 e. The van der Waals surface area contributed by atoms with E-state index in [1.54, 1.807) is 0 Å². The highest BCUT2D eigenvalue weighted by Crippen LogP contribution is 2.49. The fraction of sp³-hybridized carbons (Fsp3) is 1.00. The molecule has 9 heavy (non-hydrogen) atoms. The second-order valence-electron chi connectivity index (χ2n) is 3.76. The summed E-state index contributed by atoms with van der Waals surface area (Å²) < 4.78 is 0. The minimum atomic E-state index is 0.369. The number of aliphatic hydroxyl groups excluding tert-OH is 1. The molecule has 0 aromatic carbocycles. The van der Waals surface area contributed by atoms with Crippen LogP contribution in [-0.2, 0) is 0 Å². The average Bonchev–Trinajstić information content (AvgIpc) is 2.48. The van der Waals surface area contributed by atoms with Crippen LogP contribution >= 0.6 is 0 Å². The smallest absolute Gasteiger partial charge is 0.0487 e. The second kappa shape index (κ2) is 2.30. The summed E-state index contributed by atoms with van der Waals surface area (Å²) in [5, 5.41) is 8.91. The maximum Gasteiger partial charge on any atom is 0.0487 e. The molecule has 1 rings (SSSR count). The molecule has 0 saturated heterocycles. The quantitative estimate of drug-likeness (QED) is 0.614. The lowest BCUT2D eigenvalue weighted by Gasteiger charge is -2.13. The van der Waals surface area contributed by atoms with Gasteiger partial charge in [0.15, 0.2) is 0 Å². The van der Waals surface area contributed by atoms with Gasteiger partial charge in [-0.2, -0.15) is 0 Å². The van der Waals surface area contributed by atoms with Crippen molar-refractivity contribution in [3.63, 3.8) is 0 Å². The molecule has 0 spiro atoms. The molecule has 0 bridgehead atoms. The molecule has 1 nitrogen and oxygen atoms in total. The molecule has 0 heterocycles. The summed E-state index contributed by atoms with van der Waals surface area (Å²) in [5.74, 6) is 0.750. The van der Waals surface area contributed by atoms with Gasteiger partial charge in [-0.25, -0.2) is 0 Å². The molecule has 1 heteroatoms. The third kappa shape index (κ3) is 1.68. The van der Waals surface area contributed by atoms with Gasteiger partial charge in [-0.1, -0.05) is 13.8 Å². The molecule has 0 aliphatic heterocycles. The van der Waals surface area contributed by atoms with Crippen LogP contribution in [0.3, 0.4) is 0 Å². The third-order valence-electron chi connectivity index (χ3n) is 2.13. The lowest BCUT2D eigenvalue weighted by atomic mass is 9.95. The number of rotatable bonds is 3. The van der Waals surface area contributed by atoms with Crippen molar-refractivity contribution in [1.29, 1.82) is 0 Å². The lowest BCUT2D eigenvalue weighted by Crippen LogP contribution is -2.09. The highest BCUT2D eigenvalue weighted by Gasteiger charge is 2.41. The predicted molar refractivity (Wildman–Crippen MR) is 38.2 cm³/mol. The van der Waals surface area contributed by atoms with Crippen LogP contribution in [0.4, 0.5) is 0 Å². The zero-order chi connectivity index (χ0) is 6.91. The van der Waals surface area contributed by atoms with E-state index >= 15 is 0 Å². The minimum absolute atomic E-state index is 0.369. The van der Waals surface area contributed by atoms with Gasteiger partial charge in [0.2, 0.25) is 0 Å². The molecule has 1 fully saturated rings. The Balaban J connectivity index is 2.25. The van der Waals surface area contributed by atoms with Crippen LogP contribution in [-0.4, -0.2) is 11.7 Å². The van der Waals surface area contributed by atoms with Crippen molar-refractivity contribution in [1.82, 2.24) is 0 Å². The maximum absolute atomic E-state index is 8.91. The molecule has 0 unspecified atom stereocenters. The second-order valence-corrected chi connectivity index (χ2v) is 3.76. The zero-order valence-corrected chi connectivity index (χ0v) is 6.35. The summed E-state index contributed by atoms with van der Waals surface area (Å²) in [6, 6.07) is 0. The Morgan fingerprint density at radius 3 is 2.11 bits per heavy atom. The summed E-state index contributed by atoms with van der Waals surface area (Å²) in [7, 11) is 0. The van der Waals surface area contributed by atoms with Gasteiger partial charge in [-0.05, 0) is 30.6 Å². The number of aliphatic hydroxyl groups is 1. The summed E-state index contributed by atoms with van der Waals surface area (Å²) in [6.07, 6.45) is 3.72. The Labute approximate surface area is 57.1 Å². The van der Waals surface area contributed by atoms with Crippen LogP contribution in [0.1, 0.15) is 33.1 Å². The zero-order valence-electron chi connectivity index (χ0n) is 6.35. The topological polar surface area (TPSA) is 20.2 Å². The molecule has 0 atom stereocenters. The molecule has 0 radical (unpaired) electrons. The number of hydrogen-bond acceptors (Lipinski definition) is 1. The molecule has 1 aliphatic carbocycles. The van der Waals surface area contributed by atoms with Crippen molar-refractivity contribution < 1.29 is 5.11 Å². The summed E-state index contributed by atoms with van der Waals surface area (Å²) >= 11 is 0. The predicted octanol–water partition coefficient (Wildman–Crippen LogP) is 1.80. The van der Waals surface area contributed by atoms with E-state index in [0.717, 1.165) is 5.92 Å². The first-order valence-corrected chi connectivity index (χ1v) is 3.79. The van der Waals surface area contributed by atoms with Crippen LogP contribution < -0.4 is 0 Å². The van der Waals surface area contributed by atoms with E-state index in [1.165, 1.54) is 19.3 Å². The highest BCUT2D eigenvalue weighted by molar-refractivity contribution is 4.92. The van der Waals surface area contributed by atoms with Gasteiger partial charge in [0, 0.05) is 6.61 Å². The third-order valence-corrected chi connectivity index (χ3v) is 2.13. The molecule has 54 valence electrons. The summed E-state index contributed by atoms with van der Waals surface area (Å²) in [4.78, 5) is 0.